The van der Waals surface area contributed by atoms with E-state index in [1.807, 2.05) is 20.8 Å². The summed E-state index contributed by atoms with van der Waals surface area (Å²) in [4.78, 5) is 37.8. The van der Waals surface area contributed by atoms with Crippen molar-refractivity contribution in [3.05, 3.63) is 29.8 Å². The molecule has 1 fully saturated rings. The van der Waals surface area contributed by atoms with Crippen molar-refractivity contribution in [2.45, 2.75) is 64.7 Å². The van der Waals surface area contributed by atoms with E-state index in [9.17, 15) is 27.6 Å². The summed E-state index contributed by atoms with van der Waals surface area (Å²) in [5, 5.41) is 18.5. The molecule has 44 heavy (non-hydrogen) atoms. The number of hydrogen-bond acceptors (Lipinski definition) is 11. The van der Waals surface area contributed by atoms with Crippen LogP contribution < -0.4 is 15.4 Å². The zero-order valence-electron chi connectivity index (χ0n) is 24.3. The fraction of sp³-hybridized carbons (Fsp3) is 0.519. The molecular formula is C27H32F3N7O6S. The SMILES string of the molecule is CC(C)(C)OC(=O)N1CCC(CCCOc2cccc(CC(=O)Nc3nnc(-c4nonc4NC(=O)C(F)(F)F)s3)c2)CC1. The van der Waals surface area contributed by atoms with Crippen LogP contribution in [-0.2, 0) is 20.7 Å². The van der Waals surface area contributed by atoms with Crippen LogP contribution in [-0.4, -0.2) is 74.8 Å². The van der Waals surface area contributed by atoms with Crippen LogP contribution in [0.25, 0.3) is 10.7 Å². The Labute approximate surface area is 254 Å². The largest absolute Gasteiger partial charge is 0.494 e. The van der Waals surface area contributed by atoms with E-state index in [0.717, 1.165) is 37.0 Å². The summed E-state index contributed by atoms with van der Waals surface area (Å²) in [6.07, 6.45) is -1.73. The minimum atomic E-state index is -5.14. The van der Waals surface area contributed by atoms with E-state index in [0.29, 0.717) is 36.9 Å². The van der Waals surface area contributed by atoms with Crippen molar-refractivity contribution in [2.75, 3.05) is 30.3 Å². The van der Waals surface area contributed by atoms with Gasteiger partial charge in [0.2, 0.25) is 16.9 Å². The minimum Gasteiger partial charge on any atom is -0.494 e. The number of nitrogens with zero attached hydrogens (tertiary/aromatic N) is 5. The number of carbonyl (C=O) groups excluding carboxylic acids is 3. The molecule has 3 amide bonds. The molecule has 0 bridgehead atoms. The molecule has 4 rings (SSSR count). The highest BCUT2D eigenvalue weighted by Gasteiger charge is 2.40. The monoisotopic (exact) mass is 639 g/mol. The van der Waals surface area contributed by atoms with Gasteiger partial charge in [0.25, 0.3) is 0 Å². The molecule has 3 heterocycles. The van der Waals surface area contributed by atoms with Gasteiger partial charge in [-0.2, -0.15) is 13.2 Å². The van der Waals surface area contributed by atoms with Gasteiger partial charge < -0.3 is 19.7 Å². The number of ether oxygens (including phenoxy) is 2. The molecule has 0 atom stereocenters. The van der Waals surface area contributed by atoms with Gasteiger partial charge in [-0.1, -0.05) is 23.5 Å². The normalized spacial score (nSPS) is 14.3. The standard InChI is InChI=1S/C27H32F3N7O6S/c1-26(2,3)42-25(40)37-11-9-16(10-12-37)7-5-13-41-18-8-4-6-17(14-18)15-19(38)31-24-34-33-22(44-24)20-21(36-43-35-20)32-23(39)27(28,29)30/h4,6,8,14,16H,5,7,9-13,15H2,1-3H3,(H,31,34,38)(H,32,36,39). The maximum Gasteiger partial charge on any atom is 0.471 e. The van der Waals surface area contributed by atoms with E-state index >= 15 is 0 Å². The van der Waals surface area contributed by atoms with Gasteiger partial charge in [0, 0.05) is 13.1 Å². The molecule has 0 aliphatic carbocycles. The van der Waals surface area contributed by atoms with Crippen LogP contribution >= 0.6 is 11.3 Å². The Kier molecular flexibility index (Phi) is 10.4. The lowest BCUT2D eigenvalue weighted by molar-refractivity contribution is -0.167. The van der Waals surface area contributed by atoms with Crippen LogP contribution in [0, 0.1) is 5.92 Å². The highest BCUT2D eigenvalue weighted by atomic mass is 32.1. The maximum absolute atomic E-state index is 12.6. The fourth-order valence-electron chi connectivity index (χ4n) is 4.35. The number of nitrogens with one attached hydrogen (secondary N) is 2. The topological polar surface area (TPSA) is 162 Å². The van der Waals surface area contributed by atoms with E-state index in [1.54, 1.807) is 34.5 Å². The van der Waals surface area contributed by atoms with Gasteiger partial charge in [0.15, 0.2) is 10.7 Å². The van der Waals surface area contributed by atoms with Crippen LogP contribution in [0.3, 0.4) is 0 Å². The fourth-order valence-corrected chi connectivity index (χ4v) is 5.09. The van der Waals surface area contributed by atoms with Gasteiger partial charge in [0.1, 0.15) is 11.4 Å². The molecule has 0 radical (unpaired) electrons. The Morgan fingerprint density at radius 3 is 2.55 bits per heavy atom. The predicted molar refractivity (Wildman–Crippen MR) is 152 cm³/mol. The van der Waals surface area contributed by atoms with E-state index in [4.69, 9.17) is 9.47 Å². The Morgan fingerprint density at radius 1 is 1.09 bits per heavy atom. The van der Waals surface area contributed by atoms with Crippen LogP contribution in [0.15, 0.2) is 28.9 Å². The number of piperidine rings is 1. The first-order valence-corrected chi connectivity index (χ1v) is 14.6. The number of hydrogen-bond donors (Lipinski definition) is 2. The zero-order chi connectivity index (χ0) is 31.9. The lowest BCUT2D eigenvalue weighted by Gasteiger charge is -2.33. The molecule has 0 unspecified atom stereocenters. The van der Waals surface area contributed by atoms with Crippen LogP contribution in [0.2, 0.25) is 0 Å². The van der Waals surface area contributed by atoms with Crippen LogP contribution in [0.1, 0.15) is 52.0 Å². The summed E-state index contributed by atoms with van der Waals surface area (Å²) in [5.41, 5.74) is -0.0828. The molecule has 17 heteroatoms. The number of amides is 3. The van der Waals surface area contributed by atoms with Gasteiger partial charge in [-0.05, 0) is 80.4 Å². The van der Waals surface area contributed by atoms with Gasteiger partial charge in [0.05, 0.1) is 13.0 Å². The Balaban J connectivity index is 1.19. The lowest BCUT2D eigenvalue weighted by atomic mass is 9.92. The predicted octanol–water partition coefficient (Wildman–Crippen LogP) is 5.08. The molecular weight excluding hydrogens is 607 g/mol. The van der Waals surface area contributed by atoms with E-state index in [2.05, 4.69) is 30.5 Å². The smallest absolute Gasteiger partial charge is 0.471 e. The molecule has 13 nitrogen and oxygen atoms in total. The van der Waals surface area contributed by atoms with Crippen molar-refractivity contribution in [1.82, 2.24) is 25.4 Å². The molecule has 1 aliphatic rings. The Hall–Kier alpha value is -4.28. The second-order valence-corrected chi connectivity index (χ2v) is 12.1. The van der Waals surface area contributed by atoms with Gasteiger partial charge in [-0.25, -0.2) is 9.42 Å². The second-order valence-electron chi connectivity index (χ2n) is 11.1. The van der Waals surface area contributed by atoms with E-state index in [1.165, 1.54) is 0 Å². The van der Waals surface area contributed by atoms with Gasteiger partial charge in [-0.15, -0.1) is 10.2 Å². The summed E-state index contributed by atoms with van der Waals surface area (Å²) in [6, 6.07) is 7.12. The summed E-state index contributed by atoms with van der Waals surface area (Å²) in [5.74, 6) is -2.11. The number of aromatic nitrogens is 4. The molecule has 0 saturated carbocycles. The lowest BCUT2D eigenvalue weighted by Crippen LogP contribution is -2.41. The molecule has 2 aromatic heterocycles. The molecule has 1 aliphatic heterocycles. The minimum absolute atomic E-state index is 0.000736. The van der Waals surface area contributed by atoms with Crippen molar-refractivity contribution in [3.8, 4) is 16.5 Å². The van der Waals surface area contributed by atoms with Crippen molar-refractivity contribution >= 4 is 40.2 Å². The van der Waals surface area contributed by atoms with Gasteiger partial charge >= 0.3 is 18.2 Å². The molecule has 1 saturated heterocycles. The number of halogens is 3. The highest BCUT2D eigenvalue weighted by molar-refractivity contribution is 7.18. The van der Waals surface area contributed by atoms with Crippen LogP contribution in [0.4, 0.5) is 28.9 Å². The van der Waals surface area contributed by atoms with E-state index in [-0.39, 0.29) is 28.3 Å². The number of anilines is 2. The first kappa shape index (κ1) is 32.6. The third-order valence-corrected chi connectivity index (χ3v) is 7.25. The average molecular weight is 640 g/mol. The van der Waals surface area contributed by atoms with Crippen molar-refractivity contribution < 1.29 is 41.7 Å². The first-order valence-electron chi connectivity index (χ1n) is 13.8. The molecule has 3 aromatic rings. The molecule has 238 valence electrons. The molecule has 1 aromatic carbocycles. The number of rotatable bonds is 10. The van der Waals surface area contributed by atoms with Gasteiger partial charge in [-0.3, -0.25) is 14.9 Å². The molecule has 0 spiro atoms. The number of likely N-dealkylation sites (tertiary alicyclic amines) is 1. The Bertz CT molecular complexity index is 1450. The van der Waals surface area contributed by atoms with Crippen LogP contribution in [0.5, 0.6) is 5.75 Å². The highest BCUT2D eigenvalue weighted by Crippen LogP contribution is 2.31. The number of carbonyl (C=O) groups is 3. The average Bonchev–Trinajstić information content (AvgIpc) is 3.59. The van der Waals surface area contributed by atoms with Crippen molar-refractivity contribution in [2.24, 2.45) is 5.92 Å². The summed E-state index contributed by atoms with van der Waals surface area (Å²) in [7, 11) is 0. The summed E-state index contributed by atoms with van der Waals surface area (Å²) >= 11 is 0.811. The number of alkyl halides is 3. The zero-order valence-corrected chi connectivity index (χ0v) is 25.1. The van der Waals surface area contributed by atoms with E-state index < -0.39 is 29.4 Å². The first-order chi connectivity index (χ1) is 20.8. The number of benzene rings is 1. The quantitative estimate of drug-likeness (QED) is 0.286. The molecule has 2 N–H and O–H groups in total. The second kappa shape index (κ2) is 14.0. The summed E-state index contributed by atoms with van der Waals surface area (Å²) in [6.45, 7) is 7.44. The maximum atomic E-state index is 12.6. The summed E-state index contributed by atoms with van der Waals surface area (Å²) < 4.78 is 53.4. The van der Waals surface area contributed by atoms with Crippen molar-refractivity contribution in [1.29, 1.82) is 0 Å². The third-order valence-electron chi connectivity index (χ3n) is 6.41. The Morgan fingerprint density at radius 2 is 1.84 bits per heavy atom. The van der Waals surface area contributed by atoms with Crippen molar-refractivity contribution in [3.63, 3.8) is 0 Å². The third kappa shape index (κ3) is 9.62.